The summed E-state index contributed by atoms with van der Waals surface area (Å²) in [6.07, 6.45) is -3.78. The Hall–Kier alpha value is -2.27. The Bertz CT molecular complexity index is 1360. The second kappa shape index (κ2) is 11.5. The lowest BCUT2D eigenvalue weighted by Crippen LogP contribution is -2.45. The number of H-pyrrole nitrogens is 1. The van der Waals surface area contributed by atoms with Crippen LogP contribution in [0.15, 0.2) is 34.2 Å². The molecule has 19 nitrogen and oxygen atoms in total. The van der Waals surface area contributed by atoms with Crippen LogP contribution < -0.4 is 11.2 Å². The van der Waals surface area contributed by atoms with Crippen molar-refractivity contribution in [2.24, 2.45) is 5.41 Å². The molecule has 1 aromatic rings. The van der Waals surface area contributed by atoms with Crippen LogP contribution in [0.3, 0.4) is 0 Å². The molecule has 1 aliphatic rings. The van der Waals surface area contributed by atoms with Crippen molar-refractivity contribution in [1.29, 1.82) is 0 Å². The summed E-state index contributed by atoms with van der Waals surface area (Å²) in [5.74, 6) is -2.25. The van der Waals surface area contributed by atoms with E-state index < -0.39 is 82.9 Å². The van der Waals surface area contributed by atoms with Crippen LogP contribution in [-0.2, 0) is 50.6 Å². The van der Waals surface area contributed by atoms with Crippen LogP contribution in [0.5, 0.6) is 0 Å². The normalized spacial score (nSPS) is 26.7. The van der Waals surface area contributed by atoms with Crippen LogP contribution in [0.2, 0.25) is 0 Å². The minimum Gasteiger partial charge on any atom is -0.457 e. The van der Waals surface area contributed by atoms with Crippen molar-refractivity contribution in [2.45, 2.75) is 39.2 Å². The molecular formula is C16H23N2O17P3. The van der Waals surface area contributed by atoms with Crippen LogP contribution in [0.4, 0.5) is 0 Å². The summed E-state index contributed by atoms with van der Waals surface area (Å²) in [7, 11) is -17.1. The van der Waals surface area contributed by atoms with Crippen molar-refractivity contribution < 1.29 is 70.2 Å². The largest absolute Gasteiger partial charge is 0.490 e. The molecular weight excluding hydrogens is 585 g/mol. The maximum Gasteiger partial charge on any atom is 0.490 e. The van der Waals surface area contributed by atoms with Gasteiger partial charge in [-0.3, -0.25) is 28.5 Å². The Morgan fingerprint density at radius 2 is 1.71 bits per heavy atom. The van der Waals surface area contributed by atoms with Crippen LogP contribution in [0.25, 0.3) is 0 Å². The van der Waals surface area contributed by atoms with Gasteiger partial charge in [-0.25, -0.2) is 18.5 Å². The fourth-order valence-electron chi connectivity index (χ4n) is 3.36. The molecule has 214 valence electrons. The van der Waals surface area contributed by atoms with Crippen molar-refractivity contribution in [3.63, 3.8) is 0 Å². The van der Waals surface area contributed by atoms with E-state index in [4.69, 9.17) is 24.0 Å². The third kappa shape index (κ3) is 8.11. The number of nitrogens with one attached hydrogen (secondary N) is 1. The van der Waals surface area contributed by atoms with Gasteiger partial charge in [0.25, 0.3) is 5.56 Å². The number of phosphoric ester groups is 1. The van der Waals surface area contributed by atoms with Gasteiger partial charge in [0.1, 0.15) is 11.9 Å². The van der Waals surface area contributed by atoms with E-state index in [1.807, 2.05) is 4.98 Å². The topological polar surface area (TPSA) is 277 Å². The summed E-state index contributed by atoms with van der Waals surface area (Å²) in [5, 5.41) is 0. The third-order valence-electron chi connectivity index (χ3n) is 4.91. The van der Waals surface area contributed by atoms with Crippen LogP contribution in [-0.4, -0.2) is 59.9 Å². The minimum atomic E-state index is -5.85. The second-order valence-electron chi connectivity index (χ2n) is 7.75. The molecule has 1 saturated heterocycles. The molecule has 38 heavy (non-hydrogen) atoms. The standard InChI is InChI=1S/C16H23N2O17P3/c1-8(31-9(2)19)16(4)11(7-30-37(26,27)35-38(28,29)34-36(23,24)25)33-14(13(16)32-10(3)20)18-6-5-12(21)17-15(18)22/h5-6,11,13-14H,1,7H2,2-4H3,(H,26,27)(H,28,29)(H,17,21,22)(H2,23,24,25). The summed E-state index contributed by atoms with van der Waals surface area (Å²) in [6, 6.07) is 0.924. The third-order valence-corrected chi connectivity index (χ3v) is 8.72. The lowest BCUT2D eigenvalue weighted by atomic mass is 9.78. The van der Waals surface area contributed by atoms with Gasteiger partial charge in [-0.05, 0) is 6.92 Å². The maximum absolute atomic E-state index is 12.4. The molecule has 2 rings (SSSR count). The van der Waals surface area contributed by atoms with Crippen molar-refractivity contribution in [3.05, 3.63) is 45.4 Å². The molecule has 0 amide bonds. The van der Waals surface area contributed by atoms with E-state index in [0.717, 1.165) is 30.7 Å². The number of phosphoric acid groups is 3. The molecule has 0 spiro atoms. The highest BCUT2D eigenvalue weighted by atomic mass is 31.3. The molecule has 6 unspecified atom stereocenters. The first-order valence-corrected chi connectivity index (χ1v) is 14.5. The lowest BCUT2D eigenvalue weighted by molar-refractivity contribution is -0.157. The average Bonchev–Trinajstić information content (AvgIpc) is 2.96. The van der Waals surface area contributed by atoms with Gasteiger partial charge >= 0.3 is 41.1 Å². The van der Waals surface area contributed by atoms with E-state index >= 15 is 0 Å². The van der Waals surface area contributed by atoms with Gasteiger partial charge in [0.15, 0.2) is 12.3 Å². The Balaban J connectivity index is 2.49. The highest BCUT2D eigenvalue weighted by molar-refractivity contribution is 7.66. The van der Waals surface area contributed by atoms with Gasteiger partial charge < -0.3 is 33.8 Å². The highest BCUT2D eigenvalue weighted by Crippen LogP contribution is 2.66. The van der Waals surface area contributed by atoms with E-state index in [0.29, 0.717) is 0 Å². The second-order valence-corrected chi connectivity index (χ2v) is 12.2. The first-order chi connectivity index (χ1) is 17.2. The Morgan fingerprint density at radius 1 is 1.11 bits per heavy atom. The number of esters is 2. The number of carbonyl (C=O) groups excluding carboxylic acids is 2. The predicted molar refractivity (Wildman–Crippen MR) is 120 cm³/mol. The molecule has 0 aliphatic carbocycles. The van der Waals surface area contributed by atoms with Crippen molar-refractivity contribution in [2.75, 3.05) is 6.61 Å². The van der Waals surface area contributed by atoms with Crippen LogP contribution >= 0.6 is 23.5 Å². The van der Waals surface area contributed by atoms with Gasteiger partial charge in [-0.2, -0.15) is 8.62 Å². The van der Waals surface area contributed by atoms with E-state index in [9.17, 15) is 42.7 Å². The molecule has 0 saturated carbocycles. The lowest BCUT2D eigenvalue weighted by Gasteiger charge is -2.35. The van der Waals surface area contributed by atoms with Crippen molar-refractivity contribution in [1.82, 2.24) is 9.55 Å². The van der Waals surface area contributed by atoms with Gasteiger partial charge in [-0.1, -0.05) is 6.58 Å². The molecule has 0 aromatic carbocycles. The van der Waals surface area contributed by atoms with Crippen LogP contribution in [0, 0.1) is 5.41 Å². The van der Waals surface area contributed by atoms with Gasteiger partial charge in [0, 0.05) is 26.1 Å². The summed E-state index contributed by atoms with van der Waals surface area (Å²) < 4.78 is 63.4. The number of ether oxygens (including phenoxy) is 3. The fraction of sp³-hybridized carbons (Fsp3) is 0.500. The zero-order chi connectivity index (χ0) is 29.3. The fourth-order valence-corrected chi connectivity index (χ4v) is 6.38. The molecule has 0 radical (unpaired) electrons. The SMILES string of the molecule is C=C(OC(C)=O)C1(C)C(COP(=O)(O)OP(=O)(O)OP(=O)(O)O)OC(n2ccc(=O)[nH]c2=O)C1OC(C)=O. The van der Waals surface area contributed by atoms with E-state index in [1.54, 1.807) is 0 Å². The number of hydrogen-bond acceptors (Lipinski definition) is 13. The number of carbonyl (C=O) groups is 2. The molecule has 22 heteroatoms. The smallest absolute Gasteiger partial charge is 0.457 e. The zero-order valence-corrected chi connectivity index (χ0v) is 22.4. The average molecular weight is 608 g/mol. The van der Waals surface area contributed by atoms with Gasteiger partial charge in [0.2, 0.25) is 0 Å². The van der Waals surface area contributed by atoms with Gasteiger partial charge in [-0.15, -0.1) is 0 Å². The van der Waals surface area contributed by atoms with Crippen molar-refractivity contribution >= 4 is 35.4 Å². The van der Waals surface area contributed by atoms with Gasteiger partial charge in [0.05, 0.1) is 12.0 Å². The first-order valence-electron chi connectivity index (χ1n) is 9.97. The Kier molecular flexibility index (Phi) is 9.63. The molecule has 2 heterocycles. The Morgan fingerprint density at radius 3 is 2.21 bits per heavy atom. The number of rotatable bonds is 11. The highest BCUT2D eigenvalue weighted by Gasteiger charge is 2.60. The number of aromatic amines is 1. The summed E-state index contributed by atoms with van der Waals surface area (Å²) in [5.41, 5.74) is -3.68. The quantitative estimate of drug-likeness (QED) is 0.123. The van der Waals surface area contributed by atoms with E-state index in [2.05, 4.69) is 19.7 Å². The summed E-state index contributed by atoms with van der Waals surface area (Å²) in [6.45, 7) is 5.73. The minimum absolute atomic E-state index is 0.434. The number of nitrogens with zero attached hydrogens (tertiary/aromatic N) is 1. The molecule has 1 aromatic heterocycles. The first kappa shape index (κ1) is 31.9. The molecule has 0 bridgehead atoms. The number of aromatic nitrogens is 2. The summed E-state index contributed by atoms with van der Waals surface area (Å²) >= 11 is 0. The van der Waals surface area contributed by atoms with Crippen LogP contribution in [0.1, 0.15) is 27.0 Å². The maximum atomic E-state index is 12.4. The van der Waals surface area contributed by atoms with E-state index in [1.165, 1.54) is 6.92 Å². The molecule has 1 aliphatic heterocycles. The monoisotopic (exact) mass is 608 g/mol. The number of hydrogen-bond donors (Lipinski definition) is 5. The van der Waals surface area contributed by atoms with Crippen molar-refractivity contribution in [3.8, 4) is 0 Å². The predicted octanol–water partition coefficient (Wildman–Crippen LogP) is -0.208. The zero-order valence-electron chi connectivity index (χ0n) is 19.7. The Labute approximate surface area is 212 Å². The van der Waals surface area contributed by atoms with E-state index in [-0.39, 0.29) is 0 Å². The summed E-state index contributed by atoms with van der Waals surface area (Å²) in [4.78, 5) is 85.8. The molecule has 5 N–H and O–H groups in total. The molecule has 6 atom stereocenters. The molecule has 1 fully saturated rings.